The van der Waals surface area contributed by atoms with Crippen LogP contribution in [0.5, 0.6) is 17.2 Å². The van der Waals surface area contributed by atoms with Gasteiger partial charge in [0.2, 0.25) is 17.1 Å². The molecule has 35 heavy (non-hydrogen) atoms. The molecule has 0 heterocycles. The van der Waals surface area contributed by atoms with Crippen molar-refractivity contribution in [3.63, 3.8) is 0 Å². The number of carbonyl (C=O) groups excluding carboxylic acids is 1. The van der Waals surface area contributed by atoms with Crippen molar-refractivity contribution in [2.75, 3.05) is 26.6 Å². The van der Waals surface area contributed by atoms with Crippen molar-refractivity contribution in [1.82, 2.24) is 5.32 Å². The fraction of sp³-hybridized carbons (Fsp3) is 0.500. The van der Waals surface area contributed by atoms with Crippen LogP contribution in [0, 0.1) is 5.92 Å². The summed E-state index contributed by atoms with van der Waals surface area (Å²) in [5, 5.41) is 6.59. The lowest BCUT2D eigenvalue weighted by Gasteiger charge is -2.29. The van der Waals surface area contributed by atoms with Crippen LogP contribution < -0.4 is 30.3 Å². The molecule has 2 aliphatic carbocycles. The lowest BCUT2D eigenvalue weighted by atomic mass is 9.86. The number of fused-ring (bicyclic) bond motifs is 3. The van der Waals surface area contributed by atoms with Crippen molar-refractivity contribution in [2.24, 2.45) is 5.92 Å². The van der Waals surface area contributed by atoms with Crippen molar-refractivity contribution in [3.8, 4) is 28.4 Å². The van der Waals surface area contributed by atoms with Gasteiger partial charge in [-0.25, -0.2) is 0 Å². The number of amides is 1. The first-order valence-electron chi connectivity index (χ1n) is 12.4. The maximum Gasteiger partial charge on any atom is 0.217 e. The molecule has 2 aromatic carbocycles. The Kier molecular flexibility index (Phi) is 7.53. The second-order valence-electron chi connectivity index (χ2n) is 9.61. The third-order valence-electron chi connectivity index (χ3n) is 7.37. The predicted molar refractivity (Wildman–Crippen MR) is 138 cm³/mol. The number of methoxy groups -OCH3 is 3. The number of benzene rings is 1. The number of carbonyl (C=O) groups is 1. The zero-order valence-electron chi connectivity index (χ0n) is 21.3. The van der Waals surface area contributed by atoms with E-state index >= 15 is 0 Å². The number of aryl methyl sites for hydroxylation is 1. The van der Waals surface area contributed by atoms with Gasteiger partial charge in [0.1, 0.15) is 0 Å². The SMILES string of the molecule is COc1cc2c(c(OC)c1OC)-c1ccc(N[C@@H]3CCCC[C@@H]3C)c(=O)cc1[C@@H](NC(C)=O)CC2. The molecule has 1 fully saturated rings. The first kappa shape index (κ1) is 24.9. The largest absolute Gasteiger partial charge is 0.493 e. The van der Waals surface area contributed by atoms with Crippen molar-refractivity contribution in [2.45, 2.75) is 64.5 Å². The van der Waals surface area contributed by atoms with E-state index in [1.54, 1.807) is 27.4 Å². The summed E-state index contributed by atoms with van der Waals surface area (Å²) in [6.07, 6.45) is 5.95. The van der Waals surface area contributed by atoms with E-state index in [1.165, 1.54) is 19.8 Å². The number of rotatable bonds is 6. The van der Waals surface area contributed by atoms with Crippen LogP contribution in [0.15, 0.2) is 29.1 Å². The highest BCUT2D eigenvalue weighted by Gasteiger charge is 2.30. The second-order valence-corrected chi connectivity index (χ2v) is 9.61. The highest BCUT2D eigenvalue weighted by Crippen LogP contribution is 2.50. The van der Waals surface area contributed by atoms with Gasteiger partial charge in [-0.2, -0.15) is 0 Å². The number of hydrogen-bond donors (Lipinski definition) is 2. The van der Waals surface area contributed by atoms with Gasteiger partial charge >= 0.3 is 0 Å². The molecule has 0 radical (unpaired) electrons. The average Bonchev–Trinajstić information content (AvgIpc) is 3.08. The summed E-state index contributed by atoms with van der Waals surface area (Å²) < 4.78 is 17.1. The van der Waals surface area contributed by atoms with Gasteiger partial charge in [0, 0.05) is 18.5 Å². The maximum atomic E-state index is 13.5. The van der Waals surface area contributed by atoms with Crippen LogP contribution in [-0.2, 0) is 11.2 Å². The minimum Gasteiger partial charge on any atom is -0.493 e. The van der Waals surface area contributed by atoms with Gasteiger partial charge in [-0.3, -0.25) is 9.59 Å². The van der Waals surface area contributed by atoms with Gasteiger partial charge in [-0.1, -0.05) is 25.8 Å². The minimum atomic E-state index is -0.307. The molecule has 4 rings (SSSR count). The smallest absolute Gasteiger partial charge is 0.217 e. The van der Waals surface area contributed by atoms with Crippen LogP contribution in [0.4, 0.5) is 5.69 Å². The van der Waals surface area contributed by atoms with E-state index < -0.39 is 0 Å². The Hall–Kier alpha value is -3.22. The van der Waals surface area contributed by atoms with Gasteiger partial charge in [-0.05, 0) is 66.5 Å². The molecule has 7 nitrogen and oxygen atoms in total. The normalized spacial score (nSPS) is 21.1. The number of hydrogen-bond acceptors (Lipinski definition) is 6. The molecule has 0 saturated heterocycles. The van der Waals surface area contributed by atoms with Crippen LogP contribution >= 0.6 is 0 Å². The van der Waals surface area contributed by atoms with E-state index in [0.717, 1.165) is 35.1 Å². The zero-order valence-corrected chi connectivity index (χ0v) is 21.3. The summed E-state index contributed by atoms with van der Waals surface area (Å²) in [6, 6.07) is 7.45. The highest BCUT2D eigenvalue weighted by molar-refractivity contribution is 5.83. The maximum absolute atomic E-state index is 13.5. The zero-order chi connectivity index (χ0) is 25.1. The Morgan fingerprint density at radius 1 is 0.971 bits per heavy atom. The third-order valence-corrected chi connectivity index (χ3v) is 7.37. The van der Waals surface area contributed by atoms with E-state index in [1.807, 2.05) is 18.2 Å². The van der Waals surface area contributed by atoms with Crippen LogP contribution in [0.2, 0.25) is 0 Å². The molecule has 2 N–H and O–H groups in total. The van der Waals surface area contributed by atoms with E-state index in [9.17, 15) is 9.59 Å². The number of nitrogens with one attached hydrogen (secondary N) is 2. The Balaban J connectivity index is 1.93. The van der Waals surface area contributed by atoms with Crippen LogP contribution in [0.1, 0.15) is 63.1 Å². The van der Waals surface area contributed by atoms with E-state index in [4.69, 9.17) is 14.2 Å². The summed E-state index contributed by atoms with van der Waals surface area (Å²) in [5.41, 5.74) is 4.00. The Morgan fingerprint density at radius 3 is 2.37 bits per heavy atom. The van der Waals surface area contributed by atoms with Crippen molar-refractivity contribution in [1.29, 1.82) is 0 Å². The molecule has 3 atom stereocenters. The number of anilines is 1. The Bertz CT molecular complexity index is 1160. The fourth-order valence-electron chi connectivity index (χ4n) is 5.56. The van der Waals surface area contributed by atoms with Crippen LogP contribution in [0.25, 0.3) is 11.1 Å². The van der Waals surface area contributed by atoms with Gasteiger partial charge in [0.15, 0.2) is 11.5 Å². The standard InChI is InChI=1S/C28H36N2O5/c1-16-8-6-7-9-21(16)30-23-13-11-19-20(15-24(23)32)22(29-17(2)31)12-10-18-14-25(33-3)27(34-4)28(35-5)26(18)19/h11,13-16,21-22H,6-10,12H2,1-5H3,(H,29,31)(H,30,32)/t16-,21+,22-/m0/s1. The monoisotopic (exact) mass is 480 g/mol. The number of ether oxygens (including phenoxy) is 3. The minimum absolute atomic E-state index is 0.0812. The molecule has 0 spiro atoms. The molecular weight excluding hydrogens is 444 g/mol. The molecule has 7 heteroatoms. The van der Waals surface area contributed by atoms with Crippen molar-refractivity contribution in [3.05, 3.63) is 45.6 Å². The lowest BCUT2D eigenvalue weighted by Crippen LogP contribution is -2.32. The Morgan fingerprint density at radius 2 is 1.71 bits per heavy atom. The van der Waals surface area contributed by atoms with Crippen LogP contribution in [0.3, 0.4) is 0 Å². The molecule has 0 aliphatic heterocycles. The first-order chi connectivity index (χ1) is 16.9. The van der Waals surface area contributed by atoms with E-state index in [-0.39, 0.29) is 23.4 Å². The Labute approximate surface area is 207 Å². The summed E-state index contributed by atoms with van der Waals surface area (Å²) in [4.78, 5) is 25.5. The van der Waals surface area contributed by atoms with Gasteiger partial charge in [0.25, 0.3) is 0 Å². The first-order valence-corrected chi connectivity index (χ1v) is 12.4. The third kappa shape index (κ3) is 4.95. The van der Waals surface area contributed by atoms with E-state index in [2.05, 4.69) is 17.6 Å². The van der Waals surface area contributed by atoms with Crippen molar-refractivity contribution < 1.29 is 19.0 Å². The molecule has 188 valence electrons. The summed E-state index contributed by atoms with van der Waals surface area (Å²) in [6.45, 7) is 3.75. The van der Waals surface area contributed by atoms with Crippen LogP contribution in [-0.4, -0.2) is 33.3 Å². The molecule has 0 bridgehead atoms. The van der Waals surface area contributed by atoms with Gasteiger partial charge in [-0.15, -0.1) is 0 Å². The molecule has 2 aromatic rings. The fourth-order valence-corrected chi connectivity index (χ4v) is 5.56. The molecular formula is C28H36N2O5. The van der Waals surface area contributed by atoms with Gasteiger partial charge < -0.3 is 24.8 Å². The molecule has 0 unspecified atom stereocenters. The summed E-state index contributed by atoms with van der Waals surface area (Å²) in [7, 11) is 4.79. The summed E-state index contributed by atoms with van der Waals surface area (Å²) in [5.74, 6) is 2.01. The van der Waals surface area contributed by atoms with Crippen molar-refractivity contribution >= 4 is 11.6 Å². The highest BCUT2D eigenvalue weighted by atomic mass is 16.5. The lowest BCUT2D eigenvalue weighted by molar-refractivity contribution is -0.119. The summed E-state index contributed by atoms with van der Waals surface area (Å²) >= 11 is 0. The predicted octanol–water partition coefficient (Wildman–Crippen LogP) is 4.85. The molecule has 0 aromatic heterocycles. The van der Waals surface area contributed by atoms with Gasteiger partial charge in [0.05, 0.1) is 33.1 Å². The van der Waals surface area contributed by atoms with E-state index in [0.29, 0.717) is 41.7 Å². The second kappa shape index (κ2) is 10.6. The molecule has 1 saturated carbocycles. The quantitative estimate of drug-likeness (QED) is 0.615. The average molecular weight is 481 g/mol. The molecule has 2 aliphatic rings. The molecule has 1 amide bonds. The topological polar surface area (TPSA) is 85.9 Å².